The van der Waals surface area contributed by atoms with Gasteiger partial charge < -0.3 is 5.73 Å². The zero-order valence-corrected chi connectivity index (χ0v) is 10.8. The fraction of sp³-hybridized carbons (Fsp3) is 0.615. The largest absolute Gasteiger partial charge is 0.319 e. The number of rotatable bonds is 2. The van der Waals surface area contributed by atoms with Gasteiger partial charge >= 0.3 is 0 Å². The van der Waals surface area contributed by atoms with Crippen LogP contribution in [0.1, 0.15) is 47.8 Å². The van der Waals surface area contributed by atoms with Gasteiger partial charge in [-0.1, -0.05) is 19.8 Å². The van der Waals surface area contributed by atoms with Crippen molar-refractivity contribution in [3.63, 3.8) is 0 Å². The summed E-state index contributed by atoms with van der Waals surface area (Å²) in [6.45, 7) is 4.18. The van der Waals surface area contributed by atoms with Gasteiger partial charge in [-0.15, -0.1) is 11.3 Å². The van der Waals surface area contributed by atoms with E-state index in [2.05, 4.69) is 6.92 Å². The van der Waals surface area contributed by atoms with E-state index in [1.807, 2.05) is 18.4 Å². The van der Waals surface area contributed by atoms with Gasteiger partial charge in [0.15, 0.2) is 5.78 Å². The Hall–Kier alpha value is -0.670. The zero-order chi connectivity index (χ0) is 11.8. The van der Waals surface area contributed by atoms with Gasteiger partial charge in [-0.25, -0.2) is 0 Å². The highest BCUT2D eigenvalue weighted by atomic mass is 32.1. The summed E-state index contributed by atoms with van der Waals surface area (Å²) in [7, 11) is 0. The molecule has 0 aliphatic heterocycles. The van der Waals surface area contributed by atoms with E-state index in [4.69, 9.17) is 5.73 Å². The fourth-order valence-corrected chi connectivity index (χ4v) is 3.38. The van der Waals surface area contributed by atoms with Crippen molar-refractivity contribution < 1.29 is 4.79 Å². The van der Waals surface area contributed by atoms with Gasteiger partial charge in [0.25, 0.3) is 0 Å². The molecule has 1 saturated carbocycles. The monoisotopic (exact) mass is 237 g/mol. The number of carbonyl (C=O) groups excluding carboxylic acids is 1. The minimum Gasteiger partial charge on any atom is -0.319 e. The summed E-state index contributed by atoms with van der Waals surface area (Å²) in [4.78, 5) is 13.5. The molecule has 0 saturated heterocycles. The first-order valence-corrected chi connectivity index (χ1v) is 6.79. The van der Waals surface area contributed by atoms with Crippen LogP contribution in [0.4, 0.5) is 0 Å². The standard InChI is InChI=1S/C13H19NOS/c1-9-4-3-6-13(14,8-9)12(15)11-5-7-16-10(11)2/h5,7,9H,3-4,6,8,14H2,1-2H3. The number of ketones is 1. The highest BCUT2D eigenvalue weighted by molar-refractivity contribution is 7.10. The zero-order valence-electron chi connectivity index (χ0n) is 9.95. The highest BCUT2D eigenvalue weighted by Gasteiger charge is 2.38. The lowest BCUT2D eigenvalue weighted by molar-refractivity contribution is 0.0819. The van der Waals surface area contributed by atoms with Crippen LogP contribution in [0.3, 0.4) is 0 Å². The second-order valence-electron chi connectivity index (χ2n) is 5.08. The van der Waals surface area contributed by atoms with E-state index in [-0.39, 0.29) is 5.78 Å². The molecule has 2 N–H and O–H groups in total. The highest BCUT2D eigenvalue weighted by Crippen LogP contribution is 2.34. The molecule has 2 rings (SSSR count). The third-order valence-corrected chi connectivity index (χ3v) is 4.43. The Kier molecular flexibility index (Phi) is 3.17. The summed E-state index contributed by atoms with van der Waals surface area (Å²) in [5, 5.41) is 1.97. The van der Waals surface area contributed by atoms with Crippen LogP contribution in [-0.2, 0) is 0 Å². The Balaban J connectivity index is 2.24. The molecule has 88 valence electrons. The third kappa shape index (κ3) is 2.06. The number of hydrogen-bond donors (Lipinski definition) is 1. The molecule has 2 nitrogen and oxygen atoms in total. The molecule has 1 aliphatic carbocycles. The molecule has 1 aliphatic rings. The summed E-state index contributed by atoms with van der Waals surface area (Å²) in [5.41, 5.74) is 6.54. The smallest absolute Gasteiger partial charge is 0.183 e. The SMILES string of the molecule is Cc1sccc1C(=O)C1(N)CCCC(C)C1. The number of thiophene rings is 1. The number of Topliss-reactive ketones (excluding diaryl/α,β-unsaturated/α-hetero) is 1. The second-order valence-corrected chi connectivity index (χ2v) is 6.20. The predicted octanol–water partition coefficient (Wildman–Crippen LogP) is 3.15. The minimum absolute atomic E-state index is 0.151. The topological polar surface area (TPSA) is 43.1 Å². The van der Waals surface area contributed by atoms with Gasteiger partial charge in [0, 0.05) is 10.4 Å². The van der Waals surface area contributed by atoms with Crippen molar-refractivity contribution in [2.24, 2.45) is 11.7 Å². The van der Waals surface area contributed by atoms with Crippen LogP contribution in [0.25, 0.3) is 0 Å². The summed E-state index contributed by atoms with van der Waals surface area (Å²) in [6.07, 6.45) is 3.95. The Morgan fingerprint density at radius 3 is 2.94 bits per heavy atom. The van der Waals surface area contributed by atoms with E-state index >= 15 is 0 Å². The maximum atomic E-state index is 12.4. The van der Waals surface area contributed by atoms with Crippen LogP contribution in [0.15, 0.2) is 11.4 Å². The average molecular weight is 237 g/mol. The second kappa shape index (κ2) is 4.30. The number of carbonyl (C=O) groups is 1. The van der Waals surface area contributed by atoms with E-state index in [1.54, 1.807) is 11.3 Å². The summed E-state index contributed by atoms with van der Waals surface area (Å²) in [5.74, 6) is 0.722. The van der Waals surface area contributed by atoms with Crippen molar-refractivity contribution >= 4 is 17.1 Å². The average Bonchev–Trinajstić information content (AvgIpc) is 2.63. The van der Waals surface area contributed by atoms with Crippen LogP contribution in [0, 0.1) is 12.8 Å². The Bertz CT molecular complexity index is 398. The summed E-state index contributed by atoms with van der Waals surface area (Å²) in [6, 6.07) is 1.91. The van der Waals surface area contributed by atoms with Gasteiger partial charge in [-0.05, 0) is 37.1 Å². The maximum absolute atomic E-state index is 12.4. The molecule has 3 heteroatoms. The van der Waals surface area contributed by atoms with Gasteiger partial charge in [0.1, 0.15) is 0 Å². The van der Waals surface area contributed by atoms with Gasteiger partial charge in [-0.2, -0.15) is 0 Å². The Morgan fingerprint density at radius 2 is 2.38 bits per heavy atom. The molecular weight excluding hydrogens is 218 g/mol. The quantitative estimate of drug-likeness (QED) is 0.803. The minimum atomic E-state index is -0.608. The number of aryl methyl sites for hydroxylation is 1. The van der Waals surface area contributed by atoms with Gasteiger partial charge in [-0.3, -0.25) is 4.79 Å². The molecule has 0 bridgehead atoms. The van der Waals surface area contributed by atoms with E-state index in [9.17, 15) is 4.79 Å². The van der Waals surface area contributed by atoms with Crippen LogP contribution < -0.4 is 5.73 Å². The van der Waals surface area contributed by atoms with Gasteiger partial charge in [0.05, 0.1) is 5.54 Å². The van der Waals surface area contributed by atoms with E-state index in [0.717, 1.165) is 29.7 Å². The first-order chi connectivity index (χ1) is 7.53. The van der Waals surface area contributed by atoms with Crippen molar-refractivity contribution in [1.82, 2.24) is 0 Å². The molecule has 1 aromatic heterocycles. The number of hydrogen-bond acceptors (Lipinski definition) is 3. The van der Waals surface area contributed by atoms with E-state index in [0.29, 0.717) is 5.92 Å². The predicted molar refractivity (Wildman–Crippen MR) is 67.9 cm³/mol. The lowest BCUT2D eigenvalue weighted by Crippen LogP contribution is -2.51. The molecule has 2 unspecified atom stereocenters. The molecule has 2 atom stereocenters. The maximum Gasteiger partial charge on any atom is 0.183 e. The lowest BCUT2D eigenvalue weighted by Gasteiger charge is -2.35. The van der Waals surface area contributed by atoms with Crippen LogP contribution in [0.5, 0.6) is 0 Å². The van der Waals surface area contributed by atoms with Crippen molar-refractivity contribution in [2.45, 2.75) is 45.1 Å². The Morgan fingerprint density at radius 1 is 1.62 bits per heavy atom. The Labute approximate surface area is 101 Å². The van der Waals surface area contributed by atoms with Crippen molar-refractivity contribution in [3.8, 4) is 0 Å². The molecule has 0 spiro atoms. The molecule has 0 amide bonds. The van der Waals surface area contributed by atoms with Crippen LogP contribution in [0.2, 0.25) is 0 Å². The normalized spacial score (nSPS) is 30.3. The summed E-state index contributed by atoms with van der Waals surface area (Å²) < 4.78 is 0. The molecule has 1 fully saturated rings. The van der Waals surface area contributed by atoms with Crippen molar-refractivity contribution in [3.05, 3.63) is 21.9 Å². The number of nitrogens with two attached hydrogens (primary N) is 1. The lowest BCUT2D eigenvalue weighted by atomic mass is 9.73. The first-order valence-electron chi connectivity index (χ1n) is 5.91. The fourth-order valence-electron chi connectivity index (χ4n) is 2.69. The van der Waals surface area contributed by atoms with Crippen molar-refractivity contribution in [2.75, 3.05) is 0 Å². The first kappa shape index (κ1) is 11.8. The molecular formula is C13H19NOS. The van der Waals surface area contributed by atoms with Crippen LogP contribution >= 0.6 is 11.3 Å². The molecule has 0 aromatic carbocycles. The molecule has 0 radical (unpaired) electrons. The van der Waals surface area contributed by atoms with Crippen LogP contribution in [-0.4, -0.2) is 11.3 Å². The third-order valence-electron chi connectivity index (χ3n) is 3.59. The summed E-state index contributed by atoms with van der Waals surface area (Å²) >= 11 is 1.62. The molecule has 16 heavy (non-hydrogen) atoms. The van der Waals surface area contributed by atoms with Gasteiger partial charge in [0.2, 0.25) is 0 Å². The molecule has 1 aromatic rings. The van der Waals surface area contributed by atoms with E-state index < -0.39 is 5.54 Å². The van der Waals surface area contributed by atoms with Crippen molar-refractivity contribution in [1.29, 1.82) is 0 Å². The van der Waals surface area contributed by atoms with E-state index in [1.165, 1.54) is 6.42 Å². The molecule has 1 heterocycles.